The topological polar surface area (TPSA) is 29.1 Å². The van der Waals surface area contributed by atoms with Crippen LogP contribution in [0, 0.1) is 5.92 Å². The minimum Gasteiger partial charge on any atom is -0.312 e. The number of rotatable bonds is 4. The van der Waals surface area contributed by atoms with Crippen molar-refractivity contribution in [3.63, 3.8) is 0 Å². The first-order valence-electron chi connectivity index (χ1n) is 7.66. The lowest BCUT2D eigenvalue weighted by Crippen LogP contribution is -2.32. The summed E-state index contributed by atoms with van der Waals surface area (Å²) in [6, 6.07) is 8.39. The predicted octanol–water partition coefficient (Wildman–Crippen LogP) is 3.41. The van der Waals surface area contributed by atoms with E-state index in [2.05, 4.69) is 29.6 Å². The van der Waals surface area contributed by atoms with Gasteiger partial charge in [-0.05, 0) is 23.5 Å². The Labute approximate surface area is 115 Å². The zero-order chi connectivity index (χ0) is 13.1. The van der Waals surface area contributed by atoms with Gasteiger partial charge in [-0.25, -0.2) is 0 Å². The monoisotopic (exact) mass is 257 g/mol. The number of carbonyl (C=O) groups is 1. The molecule has 1 unspecified atom stereocenters. The molecule has 0 aromatic heterocycles. The minimum atomic E-state index is 0.0892. The van der Waals surface area contributed by atoms with Crippen molar-refractivity contribution < 1.29 is 4.79 Å². The summed E-state index contributed by atoms with van der Waals surface area (Å²) in [5, 5.41) is 3.38. The lowest BCUT2D eigenvalue weighted by Gasteiger charge is -2.25. The summed E-state index contributed by atoms with van der Waals surface area (Å²) in [5.74, 6) is 1.34. The predicted molar refractivity (Wildman–Crippen MR) is 77.1 cm³/mol. The molecule has 1 atom stereocenters. The highest BCUT2D eigenvalue weighted by molar-refractivity contribution is 5.86. The molecule has 1 saturated carbocycles. The second-order valence-electron chi connectivity index (χ2n) is 6.04. The summed E-state index contributed by atoms with van der Waals surface area (Å²) in [7, 11) is 0. The van der Waals surface area contributed by atoms with Crippen LogP contribution in [0.2, 0.25) is 0 Å². The fourth-order valence-corrected chi connectivity index (χ4v) is 3.60. The molecule has 0 bridgehead atoms. The van der Waals surface area contributed by atoms with E-state index < -0.39 is 0 Å². The first-order valence-corrected chi connectivity index (χ1v) is 7.66. The van der Waals surface area contributed by atoms with Crippen molar-refractivity contribution in [3.8, 4) is 0 Å². The first kappa shape index (κ1) is 12.9. The van der Waals surface area contributed by atoms with E-state index >= 15 is 0 Å². The van der Waals surface area contributed by atoms with Gasteiger partial charge in [0.15, 0.2) is 0 Å². The summed E-state index contributed by atoms with van der Waals surface area (Å²) in [5.41, 5.74) is 2.56. The van der Waals surface area contributed by atoms with Crippen molar-refractivity contribution in [2.45, 2.75) is 51.0 Å². The van der Waals surface area contributed by atoms with Crippen molar-refractivity contribution in [2.75, 3.05) is 6.54 Å². The van der Waals surface area contributed by atoms with Gasteiger partial charge < -0.3 is 5.32 Å². The average Bonchev–Trinajstić information content (AvgIpc) is 2.97. The first-order chi connectivity index (χ1) is 9.34. The summed E-state index contributed by atoms with van der Waals surface area (Å²) >= 11 is 0. The van der Waals surface area contributed by atoms with E-state index in [1.807, 2.05) is 0 Å². The molecule has 19 heavy (non-hydrogen) atoms. The van der Waals surface area contributed by atoms with E-state index in [-0.39, 0.29) is 5.92 Å². The number of Topliss-reactive ketones (excluding diaryl/α,β-unsaturated/α-hetero) is 1. The Balaban J connectivity index is 1.64. The summed E-state index contributed by atoms with van der Waals surface area (Å²) in [4.78, 5) is 12.5. The Bertz CT molecular complexity index is 448. The highest BCUT2D eigenvalue weighted by Gasteiger charge is 2.26. The lowest BCUT2D eigenvalue weighted by atomic mass is 9.85. The molecule has 1 N–H and O–H groups in total. The standard InChI is InChI=1S/C17H23NO/c19-17(10-9-13-5-1-2-6-13)16-12-18-11-14-7-3-4-8-15(14)16/h3-4,7-8,13,16,18H,1-2,5-6,9-12H2. The van der Waals surface area contributed by atoms with Crippen LogP contribution in [0.1, 0.15) is 55.6 Å². The van der Waals surface area contributed by atoms with Gasteiger partial charge in [0.1, 0.15) is 5.78 Å². The molecular weight excluding hydrogens is 234 g/mol. The Morgan fingerprint density at radius 1 is 1.21 bits per heavy atom. The average molecular weight is 257 g/mol. The van der Waals surface area contributed by atoms with Crippen LogP contribution in [0.3, 0.4) is 0 Å². The molecule has 2 nitrogen and oxygen atoms in total. The van der Waals surface area contributed by atoms with E-state index in [4.69, 9.17) is 0 Å². The number of carbonyl (C=O) groups excluding carboxylic acids is 1. The fourth-order valence-electron chi connectivity index (χ4n) is 3.60. The number of fused-ring (bicyclic) bond motifs is 1. The number of hydrogen-bond donors (Lipinski definition) is 1. The SMILES string of the molecule is O=C(CCC1CCCC1)C1CNCc2ccccc21. The second-order valence-corrected chi connectivity index (χ2v) is 6.04. The van der Waals surface area contributed by atoms with Crippen molar-refractivity contribution in [1.29, 1.82) is 0 Å². The van der Waals surface area contributed by atoms with E-state index in [9.17, 15) is 4.79 Å². The Hall–Kier alpha value is -1.15. The van der Waals surface area contributed by atoms with Crippen LogP contribution in [0.15, 0.2) is 24.3 Å². The molecule has 1 fully saturated rings. The van der Waals surface area contributed by atoms with Crippen molar-refractivity contribution in [2.24, 2.45) is 5.92 Å². The third-order valence-corrected chi connectivity index (χ3v) is 4.76. The summed E-state index contributed by atoms with van der Waals surface area (Å²) in [6.07, 6.45) is 7.29. The number of hydrogen-bond acceptors (Lipinski definition) is 2. The molecule has 1 aromatic carbocycles. The molecule has 0 spiro atoms. The van der Waals surface area contributed by atoms with Crippen LogP contribution in [0.5, 0.6) is 0 Å². The molecule has 1 heterocycles. The normalized spacial score (nSPS) is 23.3. The molecule has 0 amide bonds. The highest BCUT2D eigenvalue weighted by atomic mass is 16.1. The van der Waals surface area contributed by atoms with E-state index in [0.717, 1.165) is 31.8 Å². The maximum atomic E-state index is 12.5. The molecule has 3 rings (SSSR count). The quantitative estimate of drug-likeness (QED) is 0.895. The van der Waals surface area contributed by atoms with Crippen molar-refractivity contribution >= 4 is 5.78 Å². The molecule has 1 aliphatic heterocycles. The van der Waals surface area contributed by atoms with Crippen LogP contribution < -0.4 is 5.32 Å². The third kappa shape index (κ3) is 2.89. The Kier molecular flexibility index (Phi) is 3.97. The zero-order valence-electron chi connectivity index (χ0n) is 11.5. The van der Waals surface area contributed by atoms with Crippen molar-refractivity contribution in [3.05, 3.63) is 35.4 Å². The summed E-state index contributed by atoms with van der Waals surface area (Å²) < 4.78 is 0. The van der Waals surface area contributed by atoms with Crippen LogP contribution in [0.4, 0.5) is 0 Å². The maximum Gasteiger partial charge on any atom is 0.141 e. The fraction of sp³-hybridized carbons (Fsp3) is 0.588. The Morgan fingerprint density at radius 3 is 2.84 bits per heavy atom. The number of nitrogens with one attached hydrogen (secondary N) is 1. The van der Waals surface area contributed by atoms with Gasteiger partial charge in [-0.2, -0.15) is 0 Å². The van der Waals surface area contributed by atoms with E-state index in [1.54, 1.807) is 0 Å². The van der Waals surface area contributed by atoms with E-state index in [1.165, 1.54) is 36.8 Å². The van der Waals surface area contributed by atoms with Crippen LogP contribution >= 0.6 is 0 Å². The summed E-state index contributed by atoms with van der Waals surface area (Å²) in [6.45, 7) is 1.73. The maximum absolute atomic E-state index is 12.5. The smallest absolute Gasteiger partial charge is 0.141 e. The van der Waals surface area contributed by atoms with Gasteiger partial charge in [0.05, 0.1) is 5.92 Å². The van der Waals surface area contributed by atoms with Gasteiger partial charge in [0, 0.05) is 19.5 Å². The molecule has 2 aliphatic rings. The molecule has 1 aromatic rings. The zero-order valence-corrected chi connectivity index (χ0v) is 11.5. The van der Waals surface area contributed by atoms with Gasteiger partial charge in [-0.1, -0.05) is 49.9 Å². The molecule has 102 valence electrons. The Morgan fingerprint density at radius 2 is 2.00 bits per heavy atom. The lowest BCUT2D eigenvalue weighted by molar-refractivity contribution is -0.120. The molecule has 0 radical (unpaired) electrons. The van der Waals surface area contributed by atoms with Gasteiger partial charge in [-0.3, -0.25) is 4.79 Å². The molecule has 1 aliphatic carbocycles. The molecule has 0 saturated heterocycles. The van der Waals surface area contributed by atoms with Gasteiger partial charge in [0.2, 0.25) is 0 Å². The third-order valence-electron chi connectivity index (χ3n) is 4.76. The van der Waals surface area contributed by atoms with Gasteiger partial charge in [-0.15, -0.1) is 0 Å². The van der Waals surface area contributed by atoms with Gasteiger partial charge in [0.25, 0.3) is 0 Å². The van der Waals surface area contributed by atoms with Crippen molar-refractivity contribution in [1.82, 2.24) is 5.32 Å². The number of ketones is 1. The van der Waals surface area contributed by atoms with Crippen LogP contribution in [0.25, 0.3) is 0 Å². The molecular formula is C17H23NO. The minimum absolute atomic E-state index is 0.0892. The number of benzene rings is 1. The van der Waals surface area contributed by atoms with Crippen LogP contribution in [-0.4, -0.2) is 12.3 Å². The van der Waals surface area contributed by atoms with Crippen LogP contribution in [-0.2, 0) is 11.3 Å². The largest absolute Gasteiger partial charge is 0.312 e. The highest BCUT2D eigenvalue weighted by Crippen LogP contribution is 2.31. The second kappa shape index (κ2) is 5.87. The van der Waals surface area contributed by atoms with Gasteiger partial charge >= 0.3 is 0 Å². The van der Waals surface area contributed by atoms with E-state index in [0.29, 0.717) is 5.78 Å². The molecule has 2 heteroatoms.